The first-order valence-electron chi connectivity index (χ1n) is 9.46. The van der Waals surface area contributed by atoms with E-state index >= 15 is 0 Å². The predicted molar refractivity (Wildman–Crippen MR) is 106 cm³/mol. The number of carboxylic acid groups (broad SMARTS) is 1. The van der Waals surface area contributed by atoms with Crippen molar-refractivity contribution in [2.75, 3.05) is 26.0 Å². The van der Waals surface area contributed by atoms with Crippen LogP contribution in [0, 0.1) is 0 Å². The average Bonchev–Trinajstić information content (AvgIpc) is 3.08. The average molecular weight is 460 g/mol. The minimum absolute atomic E-state index is 0.111. The van der Waals surface area contributed by atoms with Crippen molar-refractivity contribution in [3.63, 3.8) is 0 Å². The number of carbonyl (C=O) groups is 1. The summed E-state index contributed by atoms with van der Waals surface area (Å²) in [6.07, 6.45) is -1.69. The summed E-state index contributed by atoms with van der Waals surface area (Å²) in [6.45, 7) is -0.349. The number of alkyl halides is 3. The molecule has 0 saturated carbocycles. The number of halogens is 3. The van der Waals surface area contributed by atoms with Crippen LogP contribution in [-0.4, -0.2) is 54.7 Å². The highest BCUT2D eigenvalue weighted by atomic mass is 32.2. The minimum Gasteiger partial charge on any atom is -0.480 e. The Morgan fingerprint density at radius 1 is 1.26 bits per heavy atom. The SMILES string of the molecule is CN(C)c1cc(C(F)(F)F)cc(S(=O)(=O)N(C)C2CCCc3c2cnn3CC(=O)O)c1. The van der Waals surface area contributed by atoms with Crippen LogP contribution in [0.4, 0.5) is 18.9 Å². The minimum atomic E-state index is -4.70. The van der Waals surface area contributed by atoms with Gasteiger partial charge >= 0.3 is 12.1 Å². The third-order valence-corrected chi connectivity index (χ3v) is 7.21. The molecule has 0 bridgehead atoms. The van der Waals surface area contributed by atoms with E-state index in [0.29, 0.717) is 36.6 Å². The predicted octanol–water partition coefficient (Wildman–Crippen LogP) is 2.75. The maximum Gasteiger partial charge on any atom is 0.416 e. The van der Waals surface area contributed by atoms with Crippen LogP contribution in [0.5, 0.6) is 0 Å². The Balaban J connectivity index is 2.03. The first-order chi connectivity index (χ1) is 14.3. The second kappa shape index (κ2) is 8.15. The summed E-state index contributed by atoms with van der Waals surface area (Å²) in [5.74, 6) is -1.07. The summed E-state index contributed by atoms with van der Waals surface area (Å²) in [7, 11) is 0.0933. The lowest BCUT2D eigenvalue weighted by Gasteiger charge is -2.31. The Morgan fingerprint density at radius 2 is 1.94 bits per heavy atom. The Labute approximate surface area is 177 Å². The van der Waals surface area contributed by atoms with Crippen LogP contribution in [0.2, 0.25) is 0 Å². The van der Waals surface area contributed by atoms with Gasteiger partial charge in [0.1, 0.15) is 6.54 Å². The van der Waals surface area contributed by atoms with Crippen molar-refractivity contribution >= 4 is 21.7 Å². The number of carboxylic acids is 1. The zero-order chi connectivity index (χ0) is 23.1. The highest BCUT2D eigenvalue weighted by molar-refractivity contribution is 7.89. The molecular weight excluding hydrogens is 437 g/mol. The summed E-state index contributed by atoms with van der Waals surface area (Å²) in [5.41, 5.74) is 0.252. The summed E-state index contributed by atoms with van der Waals surface area (Å²) in [5, 5.41) is 13.1. The van der Waals surface area contributed by atoms with Crippen molar-refractivity contribution in [3.05, 3.63) is 41.2 Å². The third-order valence-electron chi connectivity index (χ3n) is 5.37. The van der Waals surface area contributed by atoms with Gasteiger partial charge in [-0.05, 0) is 37.5 Å². The topological polar surface area (TPSA) is 95.7 Å². The second-order valence-corrected chi connectivity index (χ2v) is 9.63. The monoisotopic (exact) mass is 460 g/mol. The highest BCUT2D eigenvalue weighted by Crippen LogP contribution is 2.39. The van der Waals surface area contributed by atoms with Crippen LogP contribution in [-0.2, 0) is 34.0 Å². The fraction of sp³-hybridized carbons (Fsp3) is 0.474. The van der Waals surface area contributed by atoms with Crippen molar-refractivity contribution in [1.82, 2.24) is 14.1 Å². The van der Waals surface area contributed by atoms with Crippen LogP contribution in [0.25, 0.3) is 0 Å². The molecular formula is C19H23F3N4O4S. The van der Waals surface area contributed by atoms with Crippen LogP contribution >= 0.6 is 0 Å². The molecule has 0 saturated heterocycles. The van der Waals surface area contributed by atoms with E-state index in [2.05, 4.69) is 5.10 Å². The van der Waals surface area contributed by atoms with E-state index in [9.17, 15) is 26.4 Å². The Kier molecular flexibility index (Phi) is 6.07. The zero-order valence-electron chi connectivity index (χ0n) is 17.2. The lowest BCUT2D eigenvalue weighted by atomic mass is 9.93. The molecule has 1 atom stereocenters. The number of hydrogen-bond donors (Lipinski definition) is 1. The first kappa shape index (κ1) is 23.1. The van der Waals surface area contributed by atoms with Crippen LogP contribution in [0.3, 0.4) is 0 Å². The molecule has 0 spiro atoms. The maximum atomic E-state index is 13.4. The molecule has 0 aliphatic heterocycles. The molecule has 8 nitrogen and oxygen atoms in total. The lowest BCUT2D eigenvalue weighted by Crippen LogP contribution is -2.33. The highest BCUT2D eigenvalue weighted by Gasteiger charge is 2.37. The van der Waals surface area contributed by atoms with Gasteiger partial charge in [-0.15, -0.1) is 0 Å². The number of sulfonamides is 1. The molecule has 1 aliphatic carbocycles. The number of fused-ring (bicyclic) bond motifs is 1. The van der Waals surface area contributed by atoms with E-state index in [1.165, 1.54) is 43.0 Å². The Bertz CT molecular complexity index is 1100. The van der Waals surface area contributed by atoms with Crippen LogP contribution in [0.1, 0.15) is 35.7 Å². The Hall–Kier alpha value is -2.60. The molecule has 1 heterocycles. The van der Waals surface area contributed by atoms with Crippen molar-refractivity contribution in [2.24, 2.45) is 0 Å². The van der Waals surface area contributed by atoms with Gasteiger partial charge < -0.3 is 10.0 Å². The first-order valence-corrected chi connectivity index (χ1v) is 10.9. The zero-order valence-corrected chi connectivity index (χ0v) is 18.0. The molecule has 1 aromatic heterocycles. The van der Waals surface area contributed by atoms with Gasteiger partial charge in [0, 0.05) is 38.1 Å². The largest absolute Gasteiger partial charge is 0.480 e. The molecule has 1 aromatic carbocycles. The van der Waals surface area contributed by atoms with E-state index in [1.807, 2.05) is 0 Å². The molecule has 0 radical (unpaired) electrons. The van der Waals surface area contributed by atoms with Crippen molar-refractivity contribution in [3.8, 4) is 0 Å². The molecule has 1 N–H and O–H groups in total. The van der Waals surface area contributed by atoms with Gasteiger partial charge in [-0.3, -0.25) is 9.48 Å². The summed E-state index contributed by atoms with van der Waals surface area (Å²) in [4.78, 5) is 12.0. The molecule has 1 aliphatic rings. The number of aliphatic carboxylic acids is 1. The lowest BCUT2D eigenvalue weighted by molar-refractivity contribution is -0.138. The van der Waals surface area contributed by atoms with Gasteiger partial charge in [-0.2, -0.15) is 22.6 Å². The van der Waals surface area contributed by atoms with E-state index in [4.69, 9.17) is 5.11 Å². The fourth-order valence-corrected chi connectivity index (χ4v) is 5.16. The van der Waals surface area contributed by atoms with Crippen LogP contribution in [0.15, 0.2) is 29.3 Å². The normalized spacial score (nSPS) is 16.9. The number of aromatic nitrogens is 2. The van der Waals surface area contributed by atoms with Gasteiger partial charge in [0.25, 0.3) is 0 Å². The summed E-state index contributed by atoms with van der Waals surface area (Å²) < 4.78 is 69.1. The summed E-state index contributed by atoms with van der Waals surface area (Å²) >= 11 is 0. The fourth-order valence-electron chi connectivity index (χ4n) is 3.73. The van der Waals surface area contributed by atoms with Crippen molar-refractivity contribution in [2.45, 2.75) is 42.9 Å². The second-order valence-electron chi connectivity index (χ2n) is 7.64. The molecule has 31 heavy (non-hydrogen) atoms. The molecule has 2 aromatic rings. The number of rotatable bonds is 6. The van der Waals surface area contributed by atoms with Gasteiger partial charge in [-0.1, -0.05) is 0 Å². The van der Waals surface area contributed by atoms with Crippen molar-refractivity contribution < 1.29 is 31.5 Å². The molecule has 170 valence electrons. The number of nitrogens with zero attached hydrogens (tertiary/aromatic N) is 4. The molecule has 12 heteroatoms. The molecule has 3 rings (SSSR count). The molecule has 1 unspecified atom stereocenters. The van der Waals surface area contributed by atoms with Crippen molar-refractivity contribution in [1.29, 1.82) is 0 Å². The van der Waals surface area contributed by atoms with E-state index in [0.717, 1.165) is 10.4 Å². The van der Waals surface area contributed by atoms with Gasteiger partial charge in [0.05, 0.1) is 22.7 Å². The number of hydrogen-bond acceptors (Lipinski definition) is 5. The van der Waals surface area contributed by atoms with Gasteiger partial charge in [0.2, 0.25) is 10.0 Å². The van der Waals surface area contributed by atoms with Gasteiger partial charge in [-0.25, -0.2) is 8.42 Å². The standard InChI is InChI=1S/C19H23F3N4O4S/c1-24(2)13-7-12(19(20,21)22)8-14(9-13)31(29,30)25(3)16-5-4-6-17-15(16)10-23-26(17)11-18(27)28/h7-10,16H,4-6,11H2,1-3H3,(H,27,28). The van der Waals surface area contributed by atoms with Crippen LogP contribution < -0.4 is 4.90 Å². The van der Waals surface area contributed by atoms with E-state index < -0.39 is 38.7 Å². The third kappa shape index (κ3) is 4.54. The maximum absolute atomic E-state index is 13.4. The quantitative estimate of drug-likeness (QED) is 0.712. The van der Waals surface area contributed by atoms with E-state index in [-0.39, 0.29) is 12.2 Å². The number of anilines is 1. The summed E-state index contributed by atoms with van der Waals surface area (Å²) in [6, 6.07) is 2.08. The Morgan fingerprint density at radius 3 is 2.52 bits per heavy atom. The van der Waals surface area contributed by atoms with E-state index in [1.54, 1.807) is 0 Å². The molecule has 0 fully saturated rings. The number of benzene rings is 1. The molecule has 0 amide bonds. The van der Waals surface area contributed by atoms with Gasteiger partial charge in [0.15, 0.2) is 0 Å². The smallest absolute Gasteiger partial charge is 0.416 e.